The molecule has 0 unspecified atom stereocenters. The van der Waals surface area contributed by atoms with Gasteiger partial charge in [-0.2, -0.15) is 0 Å². The highest BCUT2D eigenvalue weighted by Crippen LogP contribution is 2.34. The number of methoxy groups -OCH3 is 1. The molecule has 0 radical (unpaired) electrons. The van der Waals surface area contributed by atoms with Crippen molar-refractivity contribution in [2.45, 2.75) is 151 Å². The Morgan fingerprint density at radius 2 is 0.714 bits per heavy atom. The molecule has 42 heavy (non-hydrogen) atoms. The third-order valence-electron chi connectivity index (χ3n) is 8.26. The Balaban J connectivity index is 1.53. The van der Waals surface area contributed by atoms with Crippen molar-refractivity contribution in [2.24, 2.45) is 0 Å². The maximum atomic E-state index is 11.4. The quantitative estimate of drug-likeness (QED) is 0.130. The van der Waals surface area contributed by atoms with E-state index in [1.807, 2.05) is 0 Å². The van der Waals surface area contributed by atoms with Crippen molar-refractivity contribution in [1.29, 1.82) is 0 Å². The molecule has 17 heteroatoms. The lowest BCUT2D eigenvalue weighted by molar-refractivity contribution is -0.393. The second-order valence-electron chi connectivity index (χ2n) is 11.3. The third-order valence-corrected chi connectivity index (χ3v) is 8.26. The van der Waals surface area contributed by atoms with Crippen LogP contribution >= 0.6 is 0 Å². The highest BCUT2D eigenvalue weighted by molar-refractivity contribution is 4.96. The van der Waals surface area contributed by atoms with Crippen LogP contribution in [0.2, 0.25) is 0 Å². The zero-order valence-corrected chi connectivity index (χ0v) is 23.8. The lowest BCUT2D eigenvalue weighted by atomic mass is 9.96. The van der Waals surface area contributed by atoms with Gasteiger partial charge in [-0.3, -0.25) is 0 Å². The standard InChI is InChI=1S/C25H44O17/c1-6-10(26)13(29)16(32)22(36-6)41-20-15(31)12(28)8(3)38-25(20)40-19-9(4)39-24(35-5)21(18(19)34)42-23-17(33)14(30)11(27)7(2)37-23/h6-34H,1-5H3/t6-,7-,8-,9-,10-,11+,12+,13+,14+,15+,16-,17-,18+,19-,20-,21-,22+,23+,24-,25+/m1/s1. The average molecular weight is 617 g/mol. The maximum Gasteiger partial charge on any atom is 0.187 e. The summed E-state index contributed by atoms with van der Waals surface area (Å²) in [4.78, 5) is 0. The smallest absolute Gasteiger partial charge is 0.187 e. The first kappa shape index (κ1) is 34.2. The van der Waals surface area contributed by atoms with E-state index in [9.17, 15) is 46.0 Å². The molecule has 17 nitrogen and oxygen atoms in total. The van der Waals surface area contributed by atoms with Crippen molar-refractivity contribution in [3.63, 3.8) is 0 Å². The van der Waals surface area contributed by atoms with Gasteiger partial charge in [0, 0.05) is 7.11 Å². The highest BCUT2D eigenvalue weighted by atomic mass is 16.8. The van der Waals surface area contributed by atoms with E-state index in [1.54, 1.807) is 6.92 Å². The molecule has 246 valence electrons. The van der Waals surface area contributed by atoms with Crippen molar-refractivity contribution < 1.29 is 83.9 Å². The van der Waals surface area contributed by atoms with Crippen molar-refractivity contribution in [3.05, 3.63) is 0 Å². The fraction of sp³-hybridized carbons (Fsp3) is 1.00. The van der Waals surface area contributed by atoms with Crippen molar-refractivity contribution in [3.8, 4) is 0 Å². The van der Waals surface area contributed by atoms with Crippen LogP contribution in [0.25, 0.3) is 0 Å². The Hall–Kier alpha value is -0.680. The Morgan fingerprint density at radius 1 is 0.357 bits per heavy atom. The molecule has 0 aromatic carbocycles. The van der Waals surface area contributed by atoms with E-state index in [4.69, 9.17) is 37.9 Å². The fourth-order valence-electron chi connectivity index (χ4n) is 5.49. The minimum absolute atomic E-state index is 0.898. The number of aliphatic hydroxyl groups is 9. The predicted octanol–water partition coefficient (Wildman–Crippen LogP) is -4.98. The van der Waals surface area contributed by atoms with Gasteiger partial charge >= 0.3 is 0 Å². The molecule has 0 aliphatic carbocycles. The lowest BCUT2D eigenvalue weighted by Gasteiger charge is -2.49. The van der Waals surface area contributed by atoms with Crippen LogP contribution in [0, 0.1) is 0 Å². The maximum absolute atomic E-state index is 11.4. The molecule has 9 N–H and O–H groups in total. The van der Waals surface area contributed by atoms with Gasteiger partial charge in [-0.05, 0) is 27.7 Å². The number of hydrogen-bond acceptors (Lipinski definition) is 17. The molecule has 4 aliphatic heterocycles. The molecule has 0 amide bonds. The number of hydrogen-bond donors (Lipinski definition) is 9. The zero-order valence-electron chi connectivity index (χ0n) is 23.8. The normalized spacial score (nSPS) is 55.9. The second-order valence-corrected chi connectivity index (χ2v) is 11.3. The van der Waals surface area contributed by atoms with Gasteiger partial charge in [0.2, 0.25) is 0 Å². The molecular formula is C25H44O17. The molecule has 0 saturated carbocycles. The topological polar surface area (TPSA) is 256 Å². The fourth-order valence-corrected chi connectivity index (χ4v) is 5.49. The Labute approximate surface area is 242 Å². The van der Waals surface area contributed by atoms with Crippen molar-refractivity contribution in [2.75, 3.05) is 7.11 Å². The Morgan fingerprint density at radius 3 is 1.17 bits per heavy atom. The van der Waals surface area contributed by atoms with E-state index >= 15 is 0 Å². The van der Waals surface area contributed by atoms with Crippen LogP contribution in [-0.2, 0) is 37.9 Å². The van der Waals surface area contributed by atoms with E-state index in [0.29, 0.717) is 0 Å². The van der Waals surface area contributed by atoms with E-state index < -0.39 is 123 Å². The van der Waals surface area contributed by atoms with E-state index in [2.05, 4.69) is 0 Å². The first-order valence-electron chi connectivity index (χ1n) is 13.9. The van der Waals surface area contributed by atoms with Crippen LogP contribution < -0.4 is 0 Å². The summed E-state index contributed by atoms with van der Waals surface area (Å²) in [6, 6.07) is 0. The summed E-state index contributed by atoms with van der Waals surface area (Å²) < 4.78 is 45.4. The van der Waals surface area contributed by atoms with Gasteiger partial charge in [0.05, 0.1) is 24.4 Å². The van der Waals surface area contributed by atoms with Crippen molar-refractivity contribution >= 4 is 0 Å². The molecule has 4 aliphatic rings. The third kappa shape index (κ3) is 6.63. The van der Waals surface area contributed by atoms with E-state index in [0.717, 1.165) is 0 Å². The molecule has 4 heterocycles. The van der Waals surface area contributed by atoms with Crippen LogP contribution in [0.1, 0.15) is 27.7 Å². The molecular weight excluding hydrogens is 572 g/mol. The van der Waals surface area contributed by atoms with Gasteiger partial charge in [0.1, 0.15) is 73.2 Å². The summed E-state index contributed by atoms with van der Waals surface area (Å²) in [5.41, 5.74) is 0. The van der Waals surface area contributed by atoms with Gasteiger partial charge in [0.25, 0.3) is 0 Å². The Bertz CT molecular complexity index is 869. The number of ether oxygens (including phenoxy) is 8. The summed E-state index contributed by atoms with van der Waals surface area (Å²) in [5.74, 6) is 0. The molecule has 4 rings (SSSR count). The van der Waals surface area contributed by atoms with Gasteiger partial charge < -0.3 is 83.9 Å². The van der Waals surface area contributed by atoms with Crippen LogP contribution in [0.5, 0.6) is 0 Å². The first-order chi connectivity index (χ1) is 19.7. The van der Waals surface area contributed by atoms with E-state index in [1.165, 1.54) is 27.9 Å². The highest BCUT2D eigenvalue weighted by Gasteiger charge is 2.54. The SMILES string of the molecule is CO[C@@H]1O[C@H](C)[C@@H](O[C@@H]2O[C@H](C)[C@H](O)[C@H](O)[C@H]2O[C@@H]2O[C@H](C)[C@@H](O)[C@H](O)[C@H]2O)[C@H](O)[C@H]1O[C@@H]1O[C@H](C)[C@H](O)[C@H](O)[C@H]1O. The van der Waals surface area contributed by atoms with Gasteiger partial charge in [0.15, 0.2) is 25.2 Å². The summed E-state index contributed by atoms with van der Waals surface area (Å²) in [5, 5.41) is 93.9. The lowest BCUT2D eigenvalue weighted by Crippen LogP contribution is -2.66. The summed E-state index contributed by atoms with van der Waals surface area (Å²) >= 11 is 0. The monoisotopic (exact) mass is 616 g/mol. The average Bonchev–Trinajstić information content (AvgIpc) is 2.95. The Kier molecular flexibility index (Phi) is 11.2. The molecule has 0 aromatic rings. The minimum Gasteiger partial charge on any atom is -0.388 e. The van der Waals surface area contributed by atoms with Gasteiger partial charge in [-0.1, -0.05) is 0 Å². The van der Waals surface area contributed by atoms with Crippen LogP contribution in [0.3, 0.4) is 0 Å². The predicted molar refractivity (Wildman–Crippen MR) is 133 cm³/mol. The van der Waals surface area contributed by atoms with Gasteiger partial charge in [-0.15, -0.1) is 0 Å². The summed E-state index contributed by atoms with van der Waals surface area (Å²) in [6.45, 7) is 5.90. The van der Waals surface area contributed by atoms with E-state index in [-0.39, 0.29) is 0 Å². The number of rotatable bonds is 7. The first-order valence-corrected chi connectivity index (χ1v) is 13.9. The zero-order chi connectivity index (χ0) is 31.2. The molecule has 0 bridgehead atoms. The number of aliphatic hydroxyl groups excluding tert-OH is 9. The van der Waals surface area contributed by atoms with Crippen LogP contribution in [0.4, 0.5) is 0 Å². The molecule has 4 saturated heterocycles. The summed E-state index contributed by atoms with van der Waals surface area (Å²) in [7, 11) is 1.29. The molecule has 0 spiro atoms. The van der Waals surface area contributed by atoms with Crippen LogP contribution in [-0.4, -0.2) is 176 Å². The second kappa shape index (κ2) is 13.8. The minimum atomic E-state index is -1.73. The molecule has 20 atom stereocenters. The van der Waals surface area contributed by atoms with Crippen molar-refractivity contribution in [1.82, 2.24) is 0 Å². The molecule has 4 fully saturated rings. The summed E-state index contributed by atoms with van der Waals surface area (Å²) in [6.07, 6.45) is -27.9. The molecule has 0 aromatic heterocycles. The largest absolute Gasteiger partial charge is 0.388 e. The van der Waals surface area contributed by atoms with Gasteiger partial charge in [-0.25, -0.2) is 0 Å². The van der Waals surface area contributed by atoms with Crippen LogP contribution in [0.15, 0.2) is 0 Å².